The van der Waals surface area contributed by atoms with E-state index in [4.69, 9.17) is 0 Å². The van der Waals surface area contributed by atoms with Crippen LogP contribution in [-0.4, -0.2) is 20.6 Å². The van der Waals surface area contributed by atoms with Crippen LogP contribution in [0.1, 0.15) is 23.7 Å². The third kappa shape index (κ3) is 3.63. The van der Waals surface area contributed by atoms with Crippen LogP contribution in [0.25, 0.3) is 0 Å². The molecule has 1 heterocycles. The van der Waals surface area contributed by atoms with Gasteiger partial charge in [0.15, 0.2) is 0 Å². The summed E-state index contributed by atoms with van der Waals surface area (Å²) in [4.78, 5) is 33.9. The van der Waals surface area contributed by atoms with E-state index in [1.54, 1.807) is 6.92 Å². The zero-order chi connectivity index (χ0) is 17.0. The van der Waals surface area contributed by atoms with Crippen LogP contribution in [0.2, 0.25) is 0 Å². The summed E-state index contributed by atoms with van der Waals surface area (Å²) in [6.45, 7) is 1.56. The number of aliphatic carboxylic acids is 1. The molecule has 2 aromatic rings. The number of aryl methyl sites for hydroxylation is 2. The largest absolute Gasteiger partial charge is 0.480 e. The first-order chi connectivity index (χ1) is 10.9. The van der Waals surface area contributed by atoms with Crippen LogP contribution in [0.15, 0.2) is 47.3 Å². The SMILES string of the molecule is Cc1ccc([N+](=O)[O-])c(=O)n1C(CCc1ccccc1)C(=O)O. The summed E-state index contributed by atoms with van der Waals surface area (Å²) in [5, 5.41) is 20.4. The van der Waals surface area contributed by atoms with Gasteiger partial charge in [-0.15, -0.1) is 0 Å². The Morgan fingerprint density at radius 1 is 1.26 bits per heavy atom. The molecule has 0 saturated carbocycles. The lowest BCUT2D eigenvalue weighted by atomic mass is 10.0. The third-order valence-electron chi connectivity index (χ3n) is 3.64. The molecule has 0 amide bonds. The Balaban J connectivity index is 2.38. The topological polar surface area (TPSA) is 102 Å². The number of hydrogen-bond acceptors (Lipinski definition) is 4. The van der Waals surface area contributed by atoms with Crippen molar-refractivity contribution in [1.82, 2.24) is 4.57 Å². The molecule has 0 aliphatic carbocycles. The predicted molar refractivity (Wildman–Crippen MR) is 83.5 cm³/mol. The highest BCUT2D eigenvalue weighted by Crippen LogP contribution is 2.18. The van der Waals surface area contributed by atoms with Crippen LogP contribution in [-0.2, 0) is 11.2 Å². The van der Waals surface area contributed by atoms with E-state index in [1.165, 1.54) is 6.07 Å². The smallest absolute Gasteiger partial charge is 0.334 e. The first-order valence-electron chi connectivity index (χ1n) is 7.05. The van der Waals surface area contributed by atoms with Crippen molar-refractivity contribution in [3.8, 4) is 0 Å². The van der Waals surface area contributed by atoms with Gasteiger partial charge in [-0.2, -0.15) is 0 Å². The fraction of sp³-hybridized carbons (Fsp3) is 0.250. The van der Waals surface area contributed by atoms with Crippen molar-refractivity contribution in [2.45, 2.75) is 25.8 Å². The zero-order valence-electron chi connectivity index (χ0n) is 12.5. The van der Waals surface area contributed by atoms with Gasteiger partial charge >= 0.3 is 17.2 Å². The minimum Gasteiger partial charge on any atom is -0.480 e. The molecular formula is C16H16N2O5. The summed E-state index contributed by atoms with van der Waals surface area (Å²) >= 11 is 0. The highest BCUT2D eigenvalue weighted by atomic mass is 16.6. The van der Waals surface area contributed by atoms with E-state index in [0.29, 0.717) is 12.1 Å². The normalized spacial score (nSPS) is 11.9. The minimum absolute atomic E-state index is 0.168. The lowest BCUT2D eigenvalue weighted by Gasteiger charge is -2.18. The molecule has 1 aromatic carbocycles. The number of hydrogen-bond donors (Lipinski definition) is 1. The summed E-state index contributed by atoms with van der Waals surface area (Å²) in [7, 11) is 0. The molecular weight excluding hydrogens is 300 g/mol. The standard InChI is InChI=1S/C16H16N2O5/c1-11-7-9-13(18(22)23)15(19)17(11)14(16(20)21)10-8-12-5-3-2-4-6-12/h2-7,9,14H,8,10H2,1H3,(H,20,21). The number of nitrogens with zero attached hydrogens (tertiary/aromatic N) is 2. The van der Waals surface area contributed by atoms with E-state index in [9.17, 15) is 24.8 Å². The molecule has 1 unspecified atom stereocenters. The maximum absolute atomic E-state index is 12.2. The van der Waals surface area contributed by atoms with Crippen LogP contribution in [0, 0.1) is 17.0 Å². The van der Waals surface area contributed by atoms with Crippen molar-refractivity contribution in [2.24, 2.45) is 0 Å². The van der Waals surface area contributed by atoms with E-state index in [1.807, 2.05) is 30.3 Å². The highest BCUT2D eigenvalue weighted by Gasteiger charge is 2.26. The van der Waals surface area contributed by atoms with Crippen molar-refractivity contribution >= 4 is 11.7 Å². The number of carboxylic acid groups (broad SMARTS) is 1. The molecule has 2 rings (SSSR count). The lowest BCUT2D eigenvalue weighted by Crippen LogP contribution is -2.32. The van der Waals surface area contributed by atoms with Gasteiger partial charge in [-0.1, -0.05) is 30.3 Å². The first-order valence-corrected chi connectivity index (χ1v) is 7.05. The third-order valence-corrected chi connectivity index (χ3v) is 3.64. The van der Waals surface area contributed by atoms with Gasteiger partial charge in [0.1, 0.15) is 6.04 Å². The van der Waals surface area contributed by atoms with Gasteiger partial charge in [0.05, 0.1) is 4.92 Å². The fourth-order valence-electron chi connectivity index (χ4n) is 2.47. The predicted octanol–water partition coefficient (Wildman–Crippen LogP) is 2.32. The molecule has 0 bridgehead atoms. The van der Waals surface area contributed by atoms with E-state index in [2.05, 4.69) is 0 Å². The Morgan fingerprint density at radius 2 is 1.91 bits per heavy atom. The second kappa shape index (κ2) is 6.87. The van der Waals surface area contributed by atoms with Gasteiger partial charge in [0.25, 0.3) is 0 Å². The van der Waals surface area contributed by atoms with Gasteiger partial charge in [-0.3, -0.25) is 19.5 Å². The van der Waals surface area contributed by atoms with E-state index in [0.717, 1.165) is 16.2 Å². The quantitative estimate of drug-likeness (QED) is 0.651. The van der Waals surface area contributed by atoms with Crippen LogP contribution in [0.3, 0.4) is 0 Å². The summed E-state index contributed by atoms with van der Waals surface area (Å²) in [5.41, 5.74) is -0.201. The number of pyridine rings is 1. The maximum Gasteiger partial charge on any atom is 0.334 e. The molecule has 1 aromatic heterocycles. The second-order valence-corrected chi connectivity index (χ2v) is 5.17. The summed E-state index contributed by atoms with van der Waals surface area (Å²) in [6, 6.07) is 10.6. The number of carbonyl (C=O) groups is 1. The molecule has 0 fully saturated rings. The minimum atomic E-state index is -1.19. The van der Waals surface area contributed by atoms with Crippen LogP contribution < -0.4 is 5.56 Å². The van der Waals surface area contributed by atoms with Crippen molar-refractivity contribution in [2.75, 3.05) is 0 Å². The zero-order valence-corrected chi connectivity index (χ0v) is 12.5. The molecule has 7 nitrogen and oxygen atoms in total. The monoisotopic (exact) mass is 316 g/mol. The van der Waals surface area contributed by atoms with Crippen molar-refractivity contribution in [3.63, 3.8) is 0 Å². The molecule has 1 N–H and O–H groups in total. The number of benzene rings is 1. The molecule has 0 radical (unpaired) electrons. The average molecular weight is 316 g/mol. The van der Waals surface area contributed by atoms with Gasteiger partial charge < -0.3 is 5.11 Å². The Bertz CT molecular complexity index is 783. The number of nitro groups is 1. The van der Waals surface area contributed by atoms with Crippen LogP contribution in [0.4, 0.5) is 5.69 Å². The van der Waals surface area contributed by atoms with Crippen LogP contribution in [0.5, 0.6) is 0 Å². The van der Waals surface area contributed by atoms with E-state index >= 15 is 0 Å². The van der Waals surface area contributed by atoms with Crippen molar-refractivity contribution < 1.29 is 14.8 Å². The molecule has 120 valence electrons. The molecule has 0 aliphatic heterocycles. The summed E-state index contributed by atoms with van der Waals surface area (Å²) in [5.74, 6) is -1.19. The fourth-order valence-corrected chi connectivity index (χ4v) is 2.47. The van der Waals surface area contributed by atoms with Gasteiger partial charge in [0.2, 0.25) is 0 Å². The van der Waals surface area contributed by atoms with E-state index in [-0.39, 0.29) is 6.42 Å². The Labute approximate surface area is 132 Å². The Hall–Kier alpha value is -2.96. The molecule has 0 saturated heterocycles. The number of aromatic nitrogens is 1. The van der Waals surface area contributed by atoms with Gasteiger partial charge in [-0.25, -0.2) is 4.79 Å². The van der Waals surface area contributed by atoms with Gasteiger partial charge in [-0.05, 0) is 31.4 Å². The average Bonchev–Trinajstić information content (AvgIpc) is 2.50. The van der Waals surface area contributed by atoms with Gasteiger partial charge in [0, 0.05) is 11.8 Å². The Kier molecular flexibility index (Phi) is 4.90. The molecule has 0 spiro atoms. The molecule has 1 atom stereocenters. The first kappa shape index (κ1) is 16.4. The maximum atomic E-state index is 12.2. The number of rotatable bonds is 6. The summed E-state index contributed by atoms with van der Waals surface area (Å²) in [6.07, 6.45) is 0.619. The van der Waals surface area contributed by atoms with E-state index < -0.39 is 28.2 Å². The van der Waals surface area contributed by atoms with Crippen molar-refractivity contribution in [3.05, 3.63) is 74.2 Å². The summed E-state index contributed by atoms with van der Waals surface area (Å²) < 4.78 is 0.989. The van der Waals surface area contributed by atoms with Crippen molar-refractivity contribution in [1.29, 1.82) is 0 Å². The second-order valence-electron chi connectivity index (χ2n) is 5.17. The molecule has 23 heavy (non-hydrogen) atoms. The molecule has 7 heteroatoms. The highest BCUT2D eigenvalue weighted by molar-refractivity contribution is 5.72. The number of carboxylic acids is 1. The lowest BCUT2D eigenvalue weighted by molar-refractivity contribution is -0.386. The van der Waals surface area contributed by atoms with Crippen LogP contribution >= 0.6 is 0 Å². The molecule has 0 aliphatic rings. The Morgan fingerprint density at radius 3 is 2.48 bits per heavy atom.